The summed E-state index contributed by atoms with van der Waals surface area (Å²) < 4.78 is 1.06. The number of nitrogens with one attached hydrogen (secondary N) is 2. The number of benzene rings is 1. The molecule has 26 heavy (non-hydrogen) atoms. The van der Waals surface area contributed by atoms with Gasteiger partial charge in [0.25, 0.3) is 0 Å². The van der Waals surface area contributed by atoms with E-state index in [9.17, 15) is 4.79 Å². The lowest BCUT2D eigenvalue weighted by atomic mass is 10.0. The summed E-state index contributed by atoms with van der Waals surface area (Å²) in [6.07, 6.45) is 11.2. The fraction of sp³-hybridized carbons (Fsp3) is 0.682. The van der Waals surface area contributed by atoms with Crippen molar-refractivity contribution in [3.8, 4) is 0 Å². The van der Waals surface area contributed by atoms with E-state index in [2.05, 4.69) is 43.8 Å². The maximum atomic E-state index is 12.2. The minimum absolute atomic E-state index is 0.0779. The Morgan fingerprint density at radius 1 is 1.00 bits per heavy atom. The molecule has 4 heteroatoms. The number of nitrogens with zero attached hydrogens (tertiary/aromatic N) is 1. The maximum absolute atomic E-state index is 12.2. The Morgan fingerprint density at radius 2 is 1.62 bits per heavy atom. The molecule has 0 saturated carbocycles. The van der Waals surface area contributed by atoms with E-state index in [1.807, 2.05) is 12.1 Å². The third-order valence-corrected chi connectivity index (χ3v) is 5.53. The van der Waals surface area contributed by atoms with E-state index >= 15 is 0 Å². The molecule has 1 aliphatic rings. The van der Waals surface area contributed by atoms with Crippen LogP contribution in [0.5, 0.6) is 0 Å². The fourth-order valence-corrected chi connectivity index (χ4v) is 3.63. The summed E-state index contributed by atoms with van der Waals surface area (Å²) in [5.74, 6) is 0. The second kappa shape index (κ2) is 10.6. The van der Waals surface area contributed by atoms with Gasteiger partial charge in [-0.2, -0.15) is 0 Å². The molecule has 0 aliphatic carbocycles. The number of likely N-dealkylation sites (tertiary alicyclic amines) is 1. The molecule has 1 heterocycles. The van der Waals surface area contributed by atoms with E-state index in [0.717, 1.165) is 42.5 Å². The molecule has 2 rings (SSSR count). The van der Waals surface area contributed by atoms with Crippen molar-refractivity contribution in [2.75, 3.05) is 32.5 Å². The van der Waals surface area contributed by atoms with Crippen LogP contribution in [0.25, 0.3) is 0 Å². The van der Waals surface area contributed by atoms with E-state index in [0.29, 0.717) is 6.04 Å². The Morgan fingerprint density at radius 3 is 2.27 bits per heavy atom. The van der Waals surface area contributed by atoms with E-state index < -0.39 is 0 Å². The Bertz CT molecular complexity index is 529. The zero-order valence-electron chi connectivity index (χ0n) is 17.0. The van der Waals surface area contributed by atoms with Crippen molar-refractivity contribution in [3.05, 3.63) is 29.8 Å². The lowest BCUT2D eigenvalue weighted by Crippen LogP contribution is -2.52. The van der Waals surface area contributed by atoms with Gasteiger partial charge in [-0.3, -0.25) is 0 Å². The zero-order valence-corrected chi connectivity index (χ0v) is 17.0. The van der Waals surface area contributed by atoms with Crippen molar-refractivity contribution in [1.29, 1.82) is 0 Å². The van der Waals surface area contributed by atoms with Gasteiger partial charge < -0.3 is 15.1 Å². The Hall–Kier alpha value is -1.55. The molecule has 2 amide bonds. The van der Waals surface area contributed by atoms with Crippen LogP contribution in [0.4, 0.5) is 10.5 Å². The average molecular weight is 361 g/mol. The van der Waals surface area contributed by atoms with Crippen LogP contribution in [0.2, 0.25) is 0 Å². The summed E-state index contributed by atoms with van der Waals surface area (Å²) in [7, 11) is 4.51. The summed E-state index contributed by atoms with van der Waals surface area (Å²) in [4.78, 5) is 12.2. The van der Waals surface area contributed by atoms with Crippen LogP contribution in [-0.2, 0) is 6.42 Å². The third kappa shape index (κ3) is 7.77. The number of anilines is 1. The SMILES string of the molecule is CCCCCCCCc1ccc(NC(=O)NC2CC[N+](C)(C)CC2)cc1. The second-order valence-electron chi connectivity index (χ2n) is 8.47. The number of amides is 2. The highest BCUT2D eigenvalue weighted by atomic mass is 16.2. The van der Waals surface area contributed by atoms with Gasteiger partial charge in [0, 0.05) is 24.6 Å². The Kier molecular flexibility index (Phi) is 8.43. The maximum Gasteiger partial charge on any atom is 0.319 e. The van der Waals surface area contributed by atoms with Crippen molar-refractivity contribution in [2.24, 2.45) is 0 Å². The quantitative estimate of drug-likeness (QED) is 0.475. The number of carbonyl (C=O) groups excluding carboxylic acids is 1. The van der Waals surface area contributed by atoms with Crippen LogP contribution < -0.4 is 10.6 Å². The standard InChI is InChI=1S/C22H37N3O/c1-4-5-6-7-8-9-10-19-11-13-20(14-12-19)23-22(26)24-21-15-17-25(2,3)18-16-21/h11-14,21H,4-10,15-18H2,1-3H3,(H-,23,24,26)/p+1. The summed E-state index contributed by atoms with van der Waals surface area (Å²) in [5.41, 5.74) is 2.24. The highest BCUT2D eigenvalue weighted by Gasteiger charge is 2.26. The number of hydrogen-bond acceptors (Lipinski definition) is 1. The fourth-order valence-electron chi connectivity index (χ4n) is 3.63. The molecular formula is C22H38N3O+. The summed E-state index contributed by atoms with van der Waals surface area (Å²) in [6, 6.07) is 8.54. The van der Waals surface area contributed by atoms with Crippen molar-refractivity contribution in [3.63, 3.8) is 0 Å². The Balaban J connectivity index is 1.65. The van der Waals surface area contributed by atoms with Gasteiger partial charge in [0.2, 0.25) is 0 Å². The van der Waals surface area contributed by atoms with E-state index in [-0.39, 0.29) is 6.03 Å². The van der Waals surface area contributed by atoms with Gasteiger partial charge in [-0.25, -0.2) is 4.79 Å². The molecule has 0 atom stereocenters. The smallest absolute Gasteiger partial charge is 0.319 e. The molecular weight excluding hydrogens is 322 g/mol. The number of aryl methyl sites for hydroxylation is 1. The Labute approximate surface area is 159 Å². The topological polar surface area (TPSA) is 41.1 Å². The molecule has 0 radical (unpaired) electrons. The van der Waals surface area contributed by atoms with Gasteiger partial charge in [0.15, 0.2) is 0 Å². The van der Waals surface area contributed by atoms with Gasteiger partial charge in [-0.05, 0) is 30.5 Å². The molecule has 1 fully saturated rings. The van der Waals surface area contributed by atoms with E-state index in [4.69, 9.17) is 0 Å². The highest BCUT2D eigenvalue weighted by molar-refractivity contribution is 5.89. The minimum Gasteiger partial charge on any atom is -0.335 e. The number of carbonyl (C=O) groups is 1. The lowest BCUT2D eigenvalue weighted by Gasteiger charge is -2.37. The van der Waals surface area contributed by atoms with Gasteiger partial charge in [0.1, 0.15) is 0 Å². The molecule has 0 spiro atoms. The predicted octanol–water partition coefficient (Wildman–Crippen LogP) is 4.95. The number of piperidine rings is 1. The second-order valence-corrected chi connectivity index (χ2v) is 8.47. The van der Waals surface area contributed by atoms with Crippen LogP contribution >= 0.6 is 0 Å². The molecule has 1 aliphatic heterocycles. The summed E-state index contributed by atoms with van der Waals surface area (Å²) >= 11 is 0. The predicted molar refractivity (Wildman–Crippen MR) is 111 cm³/mol. The number of rotatable bonds is 9. The molecule has 0 bridgehead atoms. The normalized spacial score (nSPS) is 17.0. The average Bonchev–Trinajstić information content (AvgIpc) is 2.61. The van der Waals surface area contributed by atoms with Crippen LogP contribution in [-0.4, -0.2) is 43.7 Å². The first-order valence-electron chi connectivity index (χ1n) is 10.5. The first-order valence-corrected chi connectivity index (χ1v) is 10.5. The molecule has 2 N–H and O–H groups in total. The molecule has 1 aromatic rings. The van der Waals surface area contributed by atoms with Gasteiger partial charge in [-0.1, -0.05) is 51.2 Å². The van der Waals surface area contributed by atoms with Gasteiger partial charge >= 0.3 is 6.03 Å². The molecule has 0 unspecified atom stereocenters. The van der Waals surface area contributed by atoms with Crippen molar-refractivity contribution < 1.29 is 9.28 Å². The van der Waals surface area contributed by atoms with Crippen LogP contribution in [0.15, 0.2) is 24.3 Å². The van der Waals surface area contributed by atoms with Crippen molar-refractivity contribution >= 4 is 11.7 Å². The molecule has 4 nitrogen and oxygen atoms in total. The van der Waals surface area contributed by atoms with Gasteiger partial charge in [-0.15, -0.1) is 0 Å². The molecule has 1 aromatic carbocycles. The third-order valence-electron chi connectivity index (χ3n) is 5.53. The zero-order chi connectivity index (χ0) is 18.8. The van der Waals surface area contributed by atoms with Crippen LogP contribution in [0, 0.1) is 0 Å². The number of unbranched alkanes of at least 4 members (excludes halogenated alkanes) is 5. The van der Waals surface area contributed by atoms with Crippen molar-refractivity contribution in [1.82, 2.24) is 5.32 Å². The lowest BCUT2D eigenvalue weighted by molar-refractivity contribution is -0.895. The van der Waals surface area contributed by atoms with Crippen LogP contribution in [0.1, 0.15) is 63.9 Å². The number of hydrogen-bond donors (Lipinski definition) is 2. The van der Waals surface area contributed by atoms with Crippen molar-refractivity contribution in [2.45, 2.75) is 70.8 Å². The molecule has 0 aromatic heterocycles. The molecule has 146 valence electrons. The first kappa shape index (κ1) is 20.8. The van der Waals surface area contributed by atoms with E-state index in [1.165, 1.54) is 44.1 Å². The largest absolute Gasteiger partial charge is 0.335 e. The monoisotopic (exact) mass is 360 g/mol. The highest BCUT2D eigenvalue weighted by Crippen LogP contribution is 2.16. The first-order chi connectivity index (χ1) is 12.5. The van der Waals surface area contributed by atoms with E-state index in [1.54, 1.807) is 0 Å². The number of quaternary nitrogens is 1. The summed E-state index contributed by atoms with van der Waals surface area (Å²) in [6.45, 7) is 4.50. The minimum atomic E-state index is -0.0779. The number of urea groups is 1. The summed E-state index contributed by atoms with van der Waals surface area (Å²) in [5, 5.41) is 6.09. The van der Waals surface area contributed by atoms with Crippen LogP contribution in [0.3, 0.4) is 0 Å². The molecule has 1 saturated heterocycles. The van der Waals surface area contributed by atoms with Gasteiger partial charge in [0.05, 0.1) is 27.2 Å².